The highest BCUT2D eigenvalue weighted by atomic mass is 16.5. The summed E-state index contributed by atoms with van der Waals surface area (Å²) in [5.41, 5.74) is 4.66. The van der Waals surface area contributed by atoms with Gasteiger partial charge in [-0.15, -0.1) is 0 Å². The van der Waals surface area contributed by atoms with Crippen molar-refractivity contribution >= 4 is 11.8 Å². The normalized spacial score (nSPS) is 17.9. The molecule has 1 aliphatic heterocycles. The van der Waals surface area contributed by atoms with Crippen LogP contribution >= 0.6 is 0 Å². The highest BCUT2D eigenvalue weighted by Gasteiger charge is 2.39. The van der Waals surface area contributed by atoms with E-state index >= 15 is 0 Å². The number of benzene rings is 2. The molecule has 164 valence electrons. The lowest BCUT2D eigenvalue weighted by atomic mass is 9.87. The van der Waals surface area contributed by atoms with Gasteiger partial charge < -0.3 is 15.0 Å². The lowest BCUT2D eigenvalue weighted by Crippen LogP contribution is -2.41. The Morgan fingerprint density at radius 3 is 2.55 bits per heavy atom. The fourth-order valence-corrected chi connectivity index (χ4v) is 4.11. The fraction of sp³-hybridized carbons (Fsp3) is 0.462. The van der Waals surface area contributed by atoms with E-state index in [2.05, 4.69) is 56.4 Å². The summed E-state index contributed by atoms with van der Waals surface area (Å²) in [7, 11) is 0. The van der Waals surface area contributed by atoms with Crippen LogP contribution in [0.4, 0.5) is 0 Å². The van der Waals surface area contributed by atoms with E-state index in [1.807, 2.05) is 17.0 Å². The topological polar surface area (TPSA) is 58.6 Å². The Morgan fingerprint density at radius 1 is 1.13 bits per heavy atom. The first-order valence-electron chi connectivity index (χ1n) is 11.3. The minimum atomic E-state index is -0.118. The summed E-state index contributed by atoms with van der Waals surface area (Å²) in [5.74, 6) is 1.38. The van der Waals surface area contributed by atoms with E-state index in [1.54, 1.807) is 0 Å². The average molecular weight is 421 g/mol. The molecule has 1 unspecified atom stereocenters. The molecule has 0 bridgehead atoms. The molecule has 2 aromatic rings. The lowest BCUT2D eigenvalue weighted by Gasteiger charge is -2.38. The molecule has 1 atom stereocenters. The number of nitrogens with one attached hydrogen (secondary N) is 1. The van der Waals surface area contributed by atoms with Gasteiger partial charge in [0, 0.05) is 19.0 Å². The zero-order chi connectivity index (χ0) is 22.0. The SMILES string of the molecule is Cc1ccc(C2c3cc(OCC(=O)NCC(C)C)ccc3CCN2C(=O)C2CC2)cc1. The van der Waals surface area contributed by atoms with E-state index in [0.29, 0.717) is 18.2 Å². The average Bonchev–Trinajstić information content (AvgIpc) is 3.61. The quantitative estimate of drug-likeness (QED) is 0.736. The van der Waals surface area contributed by atoms with Crippen molar-refractivity contribution in [2.24, 2.45) is 11.8 Å². The maximum atomic E-state index is 13.1. The van der Waals surface area contributed by atoms with Gasteiger partial charge in [0.15, 0.2) is 6.61 Å². The molecule has 2 aromatic carbocycles. The summed E-state index contributed by atoms with van der Waals surface area (Å²) in [6.07, 6.45) is 2.83. The molecule has 1 fully saturated rings. The summed E-state index contributed by atoms with van der Waals surface area (Å²) >= 11 is 0. The zero-order valence-corrected chi connectivity index (χ0v) is 18.7. The maximum Gasteiger partial charge on any atom is 0.257 e. The molecule has 1 heterocycles. The molecule has 5 heteroatoms. The van der Waals surface area contributed by atoms with Crippen LogP contribution < -0.4 is 10.1 Å². The highest BCUT2D eigenvalue weighted by molar-refractivity contribution is 5.82. The van der Waals surface area contributed by atoms with E-state index in [-0.39, 0.29) is 30.4 Å². The number of carbonyl (C=O) groups excluding carboxylic acids is 2. The number of nitrogens with zero attached hydrogens (tertiary/aromatic N) is 1. The molecule has 0 saturated heterocycles. The van der Waals surface area contributed by atoms with Crippen molar-refractivity contribution in [3.8, 4) is 5.75 Å². The third kappa shape index (κ3) is 5.09. The van der Waals surface area contributed by atoms with E-state index in [0.717, 1.165) is 36.9 Å². The monoisotopic (exact) mass is 420 g/mol. The molecular formula is C26H32N2O3. The Morgan fingerprint density at radius 2 is 1.87 bits per heavy atom. The molecule has 5 nitrogen and oxygen atoms in total. The van der Waals surface area contributed by atoms with Gasteiger partial charge in [0.2, 0.25) is 5.91 Å². The summed E-state index contributed by atoms with van der Waals surface area (Å²) in [6, 6.07) is 14.4. The first kappa shape index (κ1) is 21.4. The van der Waals surface area contributed by atoms with Crippen molar-refractivity contribution in [2.75, 3.05) is 19.7 Å². The number of hydrogen-bond donors (Lipinski definition) is 1. The Bertz CT molecular complexity index is 948. The largest absolute Gasteiger partial charge is 0.484 e. The van der Waals surface area contributed by atoms with Gasteiger partial charge in [0.25, 0.3) is 5.91 Å². The van der Waals surface area contributed by atoms with Crippen LogP contribution in [-0.4, -0.2) is 36.4 Å². The molecule has 2 aliphatic rings. The third-order valence-corrected chi connectivity index (χ3v) is 6.03. The number of rotatable bonds is 7. The van der Waals surface area contributed by atoms with Crippen LogP contribution in [0.25, 0.3) is 0 Å². The second kappa shape index (κ2) is 9.13. The first-order chi connectivity index (χ1) is 14.9. The third-order valence-electron chi connectivity index (χ3n) is 6.03. The highest BCUT2D eigenvalue weighted by Crippen LogP contribution is 2.41. The Hall–Kier alpha value is -2.82. The van der Waals surface area contributed by atoms with Crippen LogP contribution in [0.5, 0.6) is 5.75 Å². The lowest BCUT2D eigenvalue weighted by molar-refractivity contribution is -0.134. The predicted octanol–water partition coefficient (Wildman–Crippen LogP) is 4.03. The molecule has 1 aliphatic carbocycles. The van der Waals surface area contributed by atoms with E-state index < -0.39 is 0 Å². The van der Waals surface area contributed by atoms with Crippen LogP contribution in [0.3, 0.4) is 0 Å². The molecule has 1 N–H and O–H groups in total. The molecule has 4 rings (SSSR count). The molecule has 1 saturated carbocycles. The van der Waals surface area contributed by atoms with Crippen LogP contribution in [0, 0.1) is 18.8 Å². The van der Waals surface area contributed by atoms with Crippen LogP contribution in [0.2, 0.25) is 0 Å². The smallest absolute Gasteiger partial charge is 0.257 e. The molecule has 2 amide bonds. The van der Waals surface area contributed by atoms with Crippen molar-refractivity contribution in [3.05, 3.63) is 64.7 Å². The van der Waals surface area contributed by atoms with Gasteiger partial charge in [0.05, 0.1) is 6.04 Å². The Kier molecular flexibility index (Phi) is 6.30. The standard InChI is InChI=1S/C26H32N2O3/c1-17(2)15-27-24(29)16-31-22-11-10-19-12-13-28(26(30)21-8-9-21)25(23(19)14-22)20-6-4-18(3)5-7-20/h4-7,10-11,14,17,21,25H,8-9,12-13,15-16H2,1-3H3,(H,27,29). The fourth-order valence-electron chi connectivity index (χ4n) is 4.11. The summed E-state index contributed by atoms with van der Waals surface area (Å²) in [6.45, 7) is 7.56. The minimum Gasteiger partial charge on any atom is -0.484 e. The van der Waals surface area contributed by atoms with Crippen molar-refractivity contribution in [1.29, 1.82) is 0 Å². The molecular weight excluding hydrogens is 388 g/mol. The van der Waals surface area contributed by atoms with Crippen molar-refractivity contribution in [3.63, 3.8) is 0 Å². The number of aryl methyl sites for hydroxylation is 1. The minimum absolute atomic E-state index is 0.00851. The summed E-state index contributed by atoms with van der Waals surface area (Å²) < 4.78 is 5.81. The van der Waals surface area contributed by atoms with E-state index in [1.165, 1.54) is 11.1 Å². The molecule has 31 heavy (non-hydrogen) atoms. The van der Waals surface area contributed by atoms with Gasteiger partial charge in [-0.3, -0.25) is 9.59 Å². The van der Waals surface area contributed by atoms with Gasteiger partial charge in [-0.25, -0.2) is 0 Å². The van der Waals surface area contributed by atoms with E-state index in [4.69, 9.17) is 4.74 Å². The number of fused-ring (bicyclic) bond motifs is 1. The van der Waals surface area contributed by atoms with Crippen molar-refractivity contribution in [2.45, 2.75) is 46.1 Å². The number of ether oxygens (including phenoxy) is 1. The summed E-state index contributed by atoms with van der Waals surface area (Å²) in [4.78, 5) is 27.2. The van der Waals surface area contributed by atoms with E-state index in [9.17, 15) is 9.59 Å². The van der Waals surface area contributed by atoms with Crippen molar-refractivity contribution in [1.82, 2.24) is 10.2 Å². The molecule has 0 radical (unpaired) electrons. The first-order valence-corrected chi connectivity index (χ1v) is 11.3. The van der Waals surface area contributed by atoms with Crippen molar-refractivity contribution < 1.29 is 14.3 Å². The summed E-state index contributed by atoms with van der Waals surface area (Å²) in [5, 5.41) is 2.88. The number of carbonyl (C=O) groups is 2. The molecule has 0 aromatic heterocycles. The van der Waals surface area contributed by atoms with Gasteiger partial charge in [0.1, 0.15) is 5.75 Å². The second-order valence-electron chi connectivity index (χ2n) is 9.22. The maximum absolute atomic E-state index is 13.1. The Balaban J connectivity index is 1.59. The number of amides is 2. The van der Waals surface area contributed by atoms with Gasteiger partial charge in [-0.05, 0) is 60.9 Å². The van der Waals surface area contributed by atoms with Crippen LogP contribution in [-0.2, 0) is 16.0 Å². The van der Waals surface area contributed by atoms with Crippen LogP contribution in [0.1, 0.15) is 55.0 Å². The zero-order valence-electron chi connectivity index (χ0n) is 18.7. The van der Waals surface area contributed by atoms with Gasteiger partial charge >= 0.3 is 0 Å². The van der Waals surface area contributed by atoms with Gasteiger partial charge in [-0.2, -0.15) is 0 Å². The van der Waals surface area contributed by atoms with Gasteiger partial charge in [-0.1, -0.05) is 49.7 Å². The van der Waals surface area contributed by atoms with Crippen LogP contribution in [0.15, 0.2) is 42.5 Å². The molecule has 0 spiro atoms. The number of hydrogen-bond acceptors (Lipinski definition) is 3. The Labute approximate surface area is 184 Å². The predicted molar refractivity (Wildman–Crippen MR) is 121 cm³/mol. The second-order valence-corrected chi connectivity index (χ2v) is 9.22.